The fourth-order valence-corrected chi connectivity index (χ4v) is 1.06. The lowest BCUT2D eigenvalue weighted by Crippen LogP contribution is -2.05. The largest absolute Gasteiger partial charge is 0.385 e. The van der Waals surface area contributed by atoms with E-state index in [4.69, 9.17) is 8.37 Å². The van der Waals surface area contributed by atoms with Crippen LogP contribution in [0.1, 0.15) is 6.92 Å². The minimum atomic E-state index is 0.670. The summed E-state index contributed by atoms with van der Waals surface area (Å²) < 4.78 is 10.0. The van der Waals surface area contributed by atoms with Gasteiger partial charge in [0, 0.05) is 7.05 Å². The van der Waals surface area contributed by atoms with Gasteiger partial charge in [0.15, 0.2) is 0 Å². The van der Waals surface area contributed by atoms with Crippen LogP contribution < -0.4 is 5.32 Å². The monoisotopic (exact) mass is 159 g/mol. The molecule has 0 unspecified atom stereocenters. The van der Waals surface area contributed by atoms with Gasteiger partial charge in [-0.15, -0.1) is 0 Å². The van der Waals surface area contributed by atoms with Crippen LogP contribution in [0.4, 0.5) is 0 Å². The van der Waals surface area contributed by atoms with Gasteiger partial charge in [0.05, 0.1) is 0 Å². The van der Waals surface area contributed by atoms with Crippen LogP contribution in [0, 0.1) is 0 Å². The lowest BCUT2D eigenvalue weighted by Gasteiger charge is -1.94. The van der Waals surface area contributed by atoms with Crippen molar-refractivity contribution in [1.82, 2.24) is 5.32 Å². The zero-order valence-electron chi connectivity index (χ0n) is 5.88. The number of hydrogen-bond donors (Lipinski definition) is 1. The van der Waals surface area contributed by atoms with Gasteiger partial charge < -0.3 is 13.7 Å². The van der Waals surface area contributed by atoms with Gasteiger partial charge in [0.2, 0.25) is 11.6 Å². The second kappa shape index (κ2) is 3.41. The number of rotatable bonds is 2. The van der Waals surface area contributed by atoms with E-state index in [0.29, 0.717) is 5.88 Å². The van der Waals surface area contributed by atoms with E-state index in [-0.39, 0.29) is 0 Å². The molecular formula is C6H9NO2S. The molecule has 0 atom stereocenters. The zero-order chi connectivity index (χ0) is 7.40. The summed E-state index contributed by atoms with van der Waals surface area (Å²) in [5.41, 5.74) is 0. The van der Waals surface area contributed by atoms with Crippen LogP contribution in [0.5, 0.6) is 0 Å². The van der Waals surface area contributed by atoms with Crippen LogP contribution in [0.25, 0.3) is 0 Å². The van der Waals surface area contributed by atoms with Crippen LogP contribution >= 0.6 is 12.3 Å². The summed E-state index contributed by atoms with van der Waals surface area (Å²) in [5, 5.41) is 2.86. The van der Waals surface area contributed by atoms with E-state index >= 15 is 0 Å². The Bertz CT molecular complexity index is 177. The Morgan fingerprint density at radius 1 is 1.50 bits per heavy atom. The molecule has 0 fully saturated rings. The molecule has 0 aromatic heterocycles. The second-order valence-corrected chi connectivity index (χ2v) is 2.15. The van der Waals surface area contributed by atoms with Crippen molar-refractivity contribution in [1.29, 1.82) is 0 Å². The maximum Gasteiger partial charge on any atom is 0.295 e. The third kappa shape index (κ3) is 1.39. The Morgan fingerprint density at radius 3 is 2.90 bits per heavy atom. The molecule has 0 saturated carbocycles. The smallest absolute Gasteiger partial charge is 0.295 e. The normalized spacial score (nSPS) is 17.4. The van der Waals surface area contributed by atoms with Crippen LogP contribution in [-0.4, -0.2) is 7.05 Å². The van der Waals surface area contributed by atoms with Crippen molar-refractivity contribution in [2.45, 2.75) is 6.92 Å². The fourth-order valence-electron chi connectivity index (χ4n) is 0.586. The average Bonchev–Trinajstić information content (AvgIpc) is 2.36. The number of allylic oxidation sites excluding steroid dienone is 2. The van der Waals surface area contributed by atoms with E-state index in [2.05, 4.69) is 5.32 Å². The van der Waals surface area contributed by atoms with Gasteiger partial charge in [0.25, 0.3) is 12.3 Å². The lowest BCUT2D eigenvalue weighted by atomic mass is 10.4. The Morgan fingerprint density at radius 2 is 2.30 bits per heavy atom. The molecule has 4 heteroatoms. The first kappa shape index (κ1) is 7.34. The predicted molar refractivity (Wildman–Crippen MR) is 40.7 cm³/mol. The summed E-state index contributed by atoms with van der Waals surface area (Å²) >= 11 is 0.967. The summed E-state index contributed by atoms with van der Waals surface area (Å²) in [6.07, 6.45) is 3.73. The first-order valence-corrected chi connectivity index (χ1v) is 3.61. The molecule has 0 bridgehead atoms. The maximum atomic E-state index is 5.02. The highest BCUT2D eigenvalue weighted by Crippen LogP contribution is 2.26. The van der Waals surface area contributed by atoms with Gasteiger partial charge in [-0.1, -0.05) is 6.08 Å². The van der Waals surface area contributed by atoms with Crippen molar-refractivity contribution in [3.63, 3.8) is 0 Å². The highest BCUT2D eigenvalue weighted by molar-refractivity contribution is 7.90. The van der Waals surface area contributed by atoms with Crippen LogP contribution in [0.15, 0.2) is 23.8 Å². The molecule has 0 aromatic rings. The summed E-state index contributed by atoms with van der Waals surface area (Å²) in [4.78, 5) is 0. The van der Waals surface area contributed by atoms with Crippen molar-refractivity contribution < 1.29 is 8.37 Å². The molecule has 1 heterocycles. The van der Waals surface area contributed by atoms with Gasteiger partial charge in [-0.25, -0.2) is 0 Å². The van der Waals surface area contributed by atoms with Gasteiger partial charge in [-0.3, -0.25) is 0 Å². The highest BCUT2D eigenvalue weighted by atomic mass is 32.2. The molecule has 0 radical (unpaired) electrons. The minimum absolute atomic E-state index is 0.670. The molecule has 1 rings (SSSR count). The van der Waals surface area contributed by atoms with E-state index < -0.39 is 0 Å². The van der Waals surface area contributed by atoms with Gasteiger partial charge in [-0.2, -0.15) is 0 Å². The van der Waals surface area contributed by atoms with E-state index in [1.54, 1.807) is 7.05 Å². The van der Waals surface area contributed by atoms with Crippen LogP contribution in [0.2, 0.25) is 0 Å². The molecule has 0 saturated heterocycles. The summed E-state index contributed by atoms with van der Waals surface area (Å²) in [6, 6.07) is 0. The Balaban J connectivity index is 2.68. The van der Waals surface area contributed by atoms with Crippen molar-refractivity contribution >= 4 is 12.3 Å². The summed E-state index contributed by atoms with van der Waals surface area (Å²) in [6.45, 7) is 1.92. The molecule has 0 spiro atoms. The molecular weight excluding hydrogens is 150 g/mol. The third-order valence-electron chi connectivity index (χ3n) is 1.01. The second-order valence-electron chi connectivity index (χ2n) is 1.68. The van der Waals surface area contributed by atoms with Crippen molar-refractivity contribution in [2.75, 3.05) is 7.05 Å². The number of nitrogens with one attached hydrogen (secondary N) is 1. The molecule has 10 heavy (non-hydrogen) atoms. The SMILES string of the molecule is C/C=C\C1=C(NC)OSO1. The van der Waals surface area contributed by atoms with Crippen molar-refractivity contribution in [2.24, 2.45) is 0 Å². The van der Waals surface area contributed by atoms with Crippen molar-refractivity contribution in [3.8, 4) is 0 Å². The van der Waals surface area contributed by atoms with E-state index in [1.165, 1.54) is 0 Å². The van der Waals surface area contributed by atoms with Crippen molar-refractivity contribution in [3.05, 3.63) is 23.8 Å². The average molecular weight is 159 g/mol. The molecule has 1 aliphatic rings. The first-order valence-electron chi connectivity index (χ1n) is 2.94. The molecule has 1 N–H and O–H groups in total. The molecule has 56 valence electrons. The van der Waals surface area contributed by atoms with Gasteiger partial charge >= 0.3 is 0 Å². The van der Waals surface area contributed by atoms with Gasteiger partial charge in [0.1, 0.15) is 0 Å². The first-order chi connectivity index (χ1) is 4.88. The minimum Gasteiger partial charge on any atom is -0.385 e. The fraction of sp³-hybridized carbons (Fsp3) is 0.333. The Labute approximate surface area is 64.5 Å². The molecule has 0 aromatic carbocycles. The predicted octanol–water partition coefficient (Wildman–Crippen LogP) is 1.56. The standard InChI is InChI=1S/C6H9NO2S/c1-3-4-5-6(7-2)9-10-8-5/h3-4,7H,1-2H3/b4-3-. The summed E-state index contributed by atoms with van der Waals surface area (Å²) in [5.74, 6) is 1.40. The highest BCUT2D eigenvalue weighted by Gasteiger charge is 2.15. The Hall–Kier alpha value is -0.770. The molecule has 3 nitrogen and oxygen atoms in total. The van der Waals surface area contributed by atoms with E-state index in [1.807, 2.05) is 19.1 Å². The van der Waals surface area contributed by atoms with E-state index in [0.717, 1.165) is 18.1 Å². The molecule has 0 aliphatic carbocycles. The topological polar surface area (TPSA) is 30.5 Å². The van der Waals surface area contributed by atoms with Crippen LogP contribution in [0.3, 0.4) is 0 Å². The number of hydrogen-bond acceptors (Lipinski definition) is 4. The molecule has 1 aliphatic heterocycles. The van der Waals surface area contributed by atoms with Crippen LogP contribution in [-0.2, 0) is 8.37 Å². The van der Waals surface area contributed by atoms with Gasteiger partial charge in [-0.05, 0) is 13.0 Å². The molecule has 0 amide bonds. The van der Waals surface area contributed by atoms with E-state index in [9.17, 15) is 0 Å². The summed E-state index contributed by atoms with van der Waals surface area (Å²) in [7, 11) is 1.79. The quantitative estimate of drug-likeness (QED) is 0.619. The zero-order valence-corrected chi connectivity index (χ0v) is 6.70. The maximum absolute atomic E-state index is 5.02. The lowest BCUT2D eigenvalue weighted by molar-refractivity contribution is 0.462. The Kier molecular flexibility index (Phi) is 2.50. The third-order valence-corrected chi connectivity index (χ3v) is 1.49.